The first kappa shape index (κ1) is 23.9. The number of benzene rings is 2. The Hall–Kier alpha value is -2.84. The van der Waals surface area contributed by atoms with Gasteiger partial charge in [0.2, 0.25) is 5.91 Å². The highest BCUT2D eigenvalue weighted by atomic mass is 19.1. The minimum atomic E-state index is -0.813. The Morgan fingerprint density at radius 2 is 1.66 bits per heavy atom. The maximum atomic E-state index is 14.1. The van der Waals surface area contributed by atoms with E-state index in [2.05, 4.69) is 10.2 Å². The third-order valence-electron chi connectivity index (χ3n) is 7.58. The smallest absolute Gasteiger partial charge is 0.259 e. The molecule has 0 saturated carbocycles. The topological polar surface area (TPSA) is 61.9 Å². The van der Waals surface area contributed by atoms with E-state index in [0.29, 0.717) is 26.3 Å². The van der Waals surface area contributed by atoms with E-state index in [9.17, 15) is 18.4 Å². The van der Waals surface area contributed by atoms with Crippen LogP contribution in [0.15, 0.2) is 48.5 Å². The molecule has 186 valence electrons. The van der Waals surface area contributed by atoms with Crippen molar-refractivity contribution in [2.45, 2.75) is 18.9 Å². The Balaban J connectivity index is 1.17. The summed E-state index contributed by atoms with van der Waals surface area (Å²) in [6.45, 7) is 4.62. The fraction of sp³-hybridized carbons (Fsp3) is 0.481. The van der Waals surface area contributed by atoms with Crippen LogP contribution in [0.1, 0.15) is 34.8 Å². The molecule has 8 heteroatoms. The molecule has 3 aliphatic rings. The van der Waals surface area contributed by atoms with E-state index in [1.54, 1.807) is 4.90 Å². The molecule has 3 fully saturated rings. The molecule has 1 N–H and O–H groups in total. The Kier molecular flexibility index (Phi) is 7.11. The summed E-state index contributed by atoms with van der Waals surface area (Å²) in [5.41, 5.74) is 0.626. The molecule has 0 radical (unpaired) electrons. The summed E-state index contributed by atoms with van der Waals surface area (Å²) in [6.07, 6.45) is 1.54. The standard InChI is InChI=1S/C27H31F2N3O3/c28-22-7-4-8-23(29)25(22)27(34)32-15-20-13-31(14-21(20)16-32)11-9-24(18-5-2-1-3-6-18)30-26(33)19-10-12-35-17-19/h1-8,19-21,24H,9-17H2,(H,30,33)/t19?,20?,21?,24-/m0/s1. The van der Waals surface area contributed by atoms with Crippen molar-refractivity contribution in [1.82, 2.24) is 15.1 Å². The van der Waals surface area contributed by atoms with Gasteiger partial charge in [-0.05, 0) is 42.4 Å². The SMILES string of the molecule is O=C(N[C@@H](CCN1CC2CN(C(=O)c3c(F)cccc3F)CC2C1)c1ccccc1)C1CCOC1. The Morgan fingerprint density at radius 3 is 2.29 bits per heavy atom. The predicted molar refractivity (Wildman–Crippen MR) is 127 cm³/mol. The van der Waals surface area contributed by atoms with E-state index in [1.807, 2.05) is 30.3 Å². The normalized spacial score (nSPS) is 25.0. The number of hydrogen-bond donors (Lipinski definition) is 1. The third kappa shape index (κ3) is 5.23. The molecular weight excluding hydrogens is 452 g/mol. The summed E-state index contributed by atoms with van der Waals surface area (Å²) < 4.78 is 33.5. The largest absolute Gasteiger partial charge is 0.381 e. The van der Waals surface area contributed by atoms with Crippen molar-refractivity contribution in [3.63, 3.8) is 0 Å². The highest BCUT2D eigenvalue weighted by Gasteiger charge is 2.42. The molecule has 6 nitrogen and oxygen atoms in total. The minimum absolute atomic E-state index is 0.0455. The predicted octanol–water partition coefficient (Wildman–Crippen LogP) is 3.25. The third-order valence-corrected chi connectivity index (χ3v) is 7.58. The fourth-order valence-corrected chi connectivity index (χ4v) is 5.65. The van der Waals surface area contributed by atoms with Crippen molar-refractivity contribution in [3.8, 4) is 0 Å². The van der Waals surface area contributed by atoms with Gasteiger partial charge in [-0.2, -0.15) is 0 Å². The van der Waals surface area contributed by atoms with Crippen molar-refractivity contribution in [1.29, 1.82) is 0 Å². The molecule has 2 amide bonds. The minimum Gasteiger partial charge on any atom is -0.381 e. The van der Waals surface area contributed by atoms with Gasteiger partial charge in [0.05, 0.1) is 18.6 Å². The molecule has 3 unspecified atom stereocenters. The molecule has 2 aromatic rings. The van der Waals surface area contributed by atoms with Crippen LogP contribution in [-0.4, -0.2) is 67.6 Å². The Labute approximate surface area is 204 Å². The van der Waals surface area contributed by atoms with E-state index in [0.717, 1.165) is 50.2 Å². The first-order valence-electron chi connectivity index (χ1n) is 12.4. The van der Waals surface area contributed by atoms with Crippen molar-refractivity contribution < 1.29 is 23.1 Å². The first-order valence-corrected chi connectivity index (χ1v) is 12.4. The lowest BCUT2D eigenvalue weighted by Crippen LogP contribution is -2.37. The van der Waals surface area contributed by atoms with Crippen molar-refractivity contribution in [2.75, 3.05) is 45.9 Å². The van der Waals surface area contributed by atoms with Crippen LogP contribution in [0.25, 0.3) is 0 Å². The summed E-state index contributed by atoms with van der Waals surface area (Å²) in [7, 11) is 0. The molecule has 0 spiro atoms. The van der Waals surface area contributed by atoms with Gasteiger partial charge in [0, 0.05) is 39.3 Å². The van der Waals surface area contributed by atoms with Gasteiger partial charge >= 0.3 is 0 Å². The summed E-state index contributed by atoms with van der Waals surface area (Å²) in [5.74, 6) is -1.66. The summed E-state index contributed by atoms with van der Waals surface area (Å²) >= 11 is 0. The second kappa shape index (κ2) is 10.4. The Morgan fingerprint density at radius 1 is 0.971 bits per heavy atom. The van der Waals surface area contributed by atoms with Gasteiger partial charge in [0.25, 0.3) is 5.91 Å². The molecule has 5 rings (SSSR count). The second-order valence-corrected chi connectivity index (χ2v) is 9.91. The lowest BCUT2D eigenvalue weighted by atomic mass is 10.0. The van der Waals surface area contributed by atoms with Gasteiger partial charge < -0.3 is 19.9 Å². The number of amides is 2. The van der Waals surface area contributed by atoms with Crippen LogP contribution in [0.2, 0.25) is 0 Å². The second-order valence-electron chi connectivity index (χ2n) is 9.91. The van der Waals surface area contributed by atoms with Gasteiger partial charge in [0.1, 0.15) is 17.2 Å². The van der Waals surface area contributed by atoms with E-state index in [-0.39, 0.29) is 29.7 Å². The zero-order valence-corrected chi connectivity index (χ0v) is 19.7. The van der Waals surface area contributed by atoms with Crippen LogP contribution in [-0.2, 0) is 9.53 Å². The highest BCUT2D eigenvalue weighted by molar-refractivity contribution is 5.95. The fourth-order valence-electron chi connectivity index (χ4n) is 5.65. The number of ether oxygens (including phenoxy) is 1. The number of likely N-dealkylation sites (tertiary alicyclic amines) is 2. The number of fused-ring (bicyclic) bond motifs is 1. The Bertz CT molecular complexity index is 1030. The zero-order chi connectivity index (χ0) is 24.4. The maximum Gasteiger partial charge on any atom is 0.259 e. The van der Waals surface area contributed by atoms with Gasteiger partial charge in [-0.3, -0.25) is 9.59 Å². The lowest BCUT2D eigenvalue weighted by molar-refractivity contribution is -0.125. The molecule has 3 heterocycles. The maximum absolute atomic E-state index is 14.1. The molecule has 0 aromatic heterocycles. The number of nitrogens with one attached hydrogen (secondary N) is 1. The van der Waals surface area contributed by atoms with Crippen LogP contribution < -0.4 is 5.32 Å². The molecular formula is C27H31F2N3O3. The van der Waals surface area contributed by atoms with Crippen LogP contribution >= 0.6 is 0 Å². The quantitative estimate of drug-likeness (QED) is 0.657. The van der Waals surface area contributed by atoms with E-state index >= 15 is 0 Å². The molecule has 35 heavy (non-hydrogen) atoms. The summed E-state index contributed by atoms with van der Waals surface area (Å²) in [6, 6.07) is 13.5. The monoisotopic (exact) mass is 483 g/mol. The van der Waals surface area contributed by atoms with Gasteiger partial charge in [-0.25, -0.2) is 8.78 Å². The van der Waals surface area contributed by atoms with Gasteiger partial charge in [-0.1, -0.05) is 36.4 Å². The van der Waals surface area contributed by atoms with E-state index < -0.39 is 23.1 Å². The number of carbonyl (C=O) groups is 2. The molecule has 2 aromatic carbocycles. The molecule has 4 atom stereocenters. The van der Waals surface area contributed by atoms with Crippen LogP contribution in [0.5, 0.6) is 0 Å². The molecule has 0 aliphatic carbocycles. The molecule has 3 saturated heterocycles. The number of halogens is 2. The van der Waals surface area contributed by atoms with Gasteiger partial charge in [-0.15, -0.1) is 0 Å². The average Bonchev–Trinajstić information content (AvgIpc) is 3.59. The number of rotatable bonds is 7. The molecule has 3 aliphatic heterocycles. The van der Waals surface area contributed by atoms with E-state index in [1.165, 1.54) is 6.07 Å². The van der Waals surface area contributed by atoms with Crippen molar-refractivity contribution in [3.05, 3.63) is 71.3 Å². The van der Waals surface area contributed by atoms with Crippen LogP contribution in [0.3, 0.4) is 0 Å². The van der Waals surface area contributed by atoms with Crippen molar-refractivity contribution >= 4 is 11.8 Å². The van der Waals surface area contributed by atoms with Crippen LogP contribution in [0, 0.1) is 29.4 Å². The molecule has 0 bridgehead atoms. The van der Waals surface area contributed by atoms with Crippen molar-refractivity contribution in [2.24, 2.45) is 17.8 Å². The summed E-state index contributed by atoms with van der Waals surface area (Å²) in [5, 5.41) is 3.23. The number of hydrogen-bond acceptors (Lipinski definition) is 4. The first-order chi connectivity index (χ1) is 17.0. The zero-order valence-electron chi connectivity index (χ0n) is 19.7. The van der Waals surface area contributed by atoms with E-state index in [4.69, 9.17) is 4.74 Å². The van der Waals surface area contributed by atoms with Gasteiger partial charge in [0.15, 0.2) is 0 Å². The number of nitrogens with zero attached hydrogens (tertiary/aromatic N) is 2. The summed E-state index contributed by atoms with van der Waals surface area (Å²) in [4.78, 5) is 29.5. The average molecular weight is 484 g/mol. The highest BCUT2D eigenvalue weighted by Crippen LogP contribution is 2.33. The number of carbonyl (C=O) groups excluding carboxylic acids is 2. The van der Waals surface area contributed by atoms with Crippen LogP contribution in [0.4, 0.5) is 8.78 Å². The lowest BCUT2D eigenvalue weighted by Gasteiger charge is -2.25.